The Kier molecular flexibility index (Phi) is 3.35. The zero-order valence-electron chi connectivity index (χ0n) is 10.8. The van der Waals surface area contributed by atoms with E-state index in [1.165, 1.54) is 0 Å². The van der Waals surface area contributed by atoms with Gasteiger partial charge in [0.05, 0.1) is 5.56 Å². The van der Waals surface area contributed by atoms with Crippen LogP contribution in [-0.2, 0) is 0 Å². The van der Waals surface area contributed by atoms with Crippen LogP contribution in [0.1, 0.15) is 10.4 Å². The van der Waals surface area contributed by atoms with Crippen LogP contribution in [0.25, 0.3) is 22.1 Å². The maximum atomic E-state index is 12.2. The normalized spacial score (nSPS) is 10.7. The van der Waals surface area contributed by atoms with Gasteiger partial charge < -0.3 is 10.2 Å². The maximum Gasteiger partial charge on any atom is 0.344 e. The SMILES string of the molecule is NC(=O)c1cc(Br)ccc1-c1cc2ccccc2oc1=O. The van der Waals surface area contributed by atoms with Crippen LogP contribution in [0.3, 0.4) is 0 Å². The Balaban J connectivity index is 2.33. The summed E-state index contributed by atoms with van der Waals surface area (Å²) in [6, 6.07) is 13.9. The number of carbonyl (C=O) groups is 1. The molecular weight excluding hydrogens is 334 g/mol. The average Bonchev–Trinajstić information content (AvgIpc) is 2.46. The molecule has 2 N–H and O–H groups in total. The highest BCUT2D eigenvalue weighted by atomic mass is 79.9. The summed E-state index contributed by atoms with van der Waals surface area (Å²) in [4.78, 5) is 23.8. The third kappa shape index (κ3) is 2.48. The van der Waals surface area contributed by atoms with Crippen molar-refractivity contribution < 1.29 is 9.21 Å². The Labute approximate surface area is 128 Å². The fourth-order valence-electron chi connectivity index (χ4n) is 2.20. The first kappa shape index (κ1) is 13.6. The molecule has 0 bridgehead atoms. The molecule has 21 heavy (non-hydrogen) atoms. The number of hydrogen-bond donors (Lipinski definition) is 1. The highest BCUT2D eigenvalue weighted by Gasteiger charge is 2.15. The lowest BCUT2D eigenvalue weighted by Gasteiger charge is -2.07. The second kappa shape index (κ2) is 5.18. The van der Waals surface area contributed by atoms with Gasteiger partial charge >= 0.3 is 5.63 Å². The largest absolute Gasteiger partial charge is 0.422 e. The molecule has 0 unspecified atom stereocenters. The fourth-order valence-corrected chi connectivity index (χ4v) is 2.57. The van der Waals surface area contributed by atoms with E-state index in [0.717, 1.165) is 5.39 Å². The molecular formula is C16H10BrNO3. The van der Waals surface area contributed by atoms with Crippen LogP contribution >= 0.6 is 15.9 Å². The summed E-state index contributed by atoms with van der Waals surface area (Å²) >= 11 is 3.29. The van der Waals surface area contributed by atoms with Crippen molar-refractivity contribution in [2.75, 3.05) is 0 Å². The Morgan fingerprint density at radius 1 is 1.05 bits per heavy atom. The molecule has 0 saturated heterocycles. The van der Waals surface area contributed by atoms with E-state index < -0.39 is 11.5 Å². The zero-order chi connectivity index (χ0) is 15.0. The molecule has 1 aromatic heterocycles. The second-order valence-electron chi connectivity index (χ2n) is 4.54. The third-order valence-electron chi connectivity index (χ3n) is 3.18. The van der Waals surface area contributed by atoms with E-state index in [9.17, 15) is 9.59 Å². The van der Waals surface area contributed by atoms with Gasteiger partial charge in [0.25, 0.3) is 0 Å². The molecule has 2 aromatic carbocycles. The lowest BCUT2D eigenvalue weighted by atomic mass is 10.00. The molecule has 0 fully saturated rings. The topological polar surface area (TPSA) is 73.3 Å². The highest BCUT2D eigenvalue weighted by molar-refractivity contribution is 9.10. The molecule has 0 saturated carbocycles. The van der Waals surface area contributed by atoms with E-state index in [2.05, 4.69) is 15.9 Å². The van der Waals surface area contributed by atoms with Crippen molar-refractivity contribution in [3.05, 3.63) is 69.0 Å². The van der Waals surface area contributed by atoms with Gasteiger partial charge in [-0.05, 0) is 24.3 Å². The summed E-state index contributed by atoms with van der Waals surface area (Å²) in [6.45, 7) is 0. The molecule has 1 amide bonds. The Bertz CT molecular complexity index is 915. The van der Waals surface area contributed by atoms with Crippen LogP contribution in [0.15, 0.2) is 62.2 Å². The number of fused-ring (bicyclic) bond motifs is 1. The quantitative estimate of drug-likeness (QED) is 0.725. The number of nitrogens with two attached hydrogens (primary N) is 1. The molecule has 1 heterocycles. The van der Waals surface area contributed by atoms with E-state index in [-0.39, 0.29) is 5.56 Å². The maximum absolute atomic E-state index is 12.2. The van der Waals surface area contributed by atoms with E-state index >= 15 is 0 Å². The molecule has 5 heteroatoms. The lowest BCUT2D eigenvalue weighted by molar-refractivity contribution is 0.100. The Morgan fingerprint density at radius 3 is 2.57 bits per heavy atom. The van der Waals surface area contributed by atoms with Crippen LogP contribution in [0.5, 0.6) is 0 Å². The molecule has 3 aromatic rings. The first-order valence-electron chi connectivity index (χ1n) is 6.19. The number of para-hydroxylation sites is 1. The highest BCUT2D eigenvalue weighted by Crippen LogP contribution is 2.26. The molecule has 0 spiro atoms. The van der Waals surface area contributed by atoms with E-state index in [0.29, 0.717) is 21.2 Å². The number of primary amides is 1. The monoisotopic (exact) mass is 343 g/mol. The molecule has 104 valence electrons. The summed E-state index contributed by atoms with van der Waals surface area (Å²) < 4.78 is 6.01. The van der Waals surface area contributed by atoms with Gasteiger partial charge in [-0.3, -0.25) is 4.79 Å². The Morgan fingerprint density at radius 2 is 1.81 bits per heavy atom. The van der Waals surface area contributed by atoms with Crippen molar-refractivity contribution in [1.29, 1.82) is 0 Å². The van der Waals surface area contributed by atoms with Crippen LogP contribution in [0.2, 0.25) is 0 Å². The van der Waals surface area contributed by atoms with Gasteiger partial charge in [-0.1, -0.05) is 40.2 Å². The van der Waals surface area contributed by atoms with Crippen molar-refractivity contribution >= 4 is 32.8 Å². The lowest BCUT2D eigenvalue weighted by Crippen LogP contribution is -2.14. The van der Waals surface area contributed by atoms with Crippen molar-refractivity contribution in [2.24, 2.45) is 5.73 Å². The third-order valence-corrected chi connectivity index (χ3v) is 3.67. The van der Waals surface area contributed by atoms with Gasteiger partial charge in [-0.25, -0.2) is 4.79 Å². The molecule has 0 aliphatic rings. The summed E-state index contributed by atoms with van der Waals surface area (Å²) in [5.41, 5.74) is 6.44. The zero-order valence-corrected chi connectivity index (χ0v) is 12.4. The van der Waals surface area contributed by atoms with Crippen LogP contribution in [-0.4, -0.2) is 5.91 Å². The van der Waals surface area contributed by atoms with Crippen molar-refractivity contribution in [2.45, 2.75) is 0 Å². The van der Waals surface area contributed by atoms with Gasteiger partial charge in [0.1, 0.15) is 5.58 Å². The molecule has 0 aliphatic carbocycles. The summed E-state index contributed by atoms with van der Waals surface area (Å²) in [5.74, 6) is -0.598. The first-order valence-corrected chi connectivity index (χ1v) is 6.98. The van der Waals surface area contributed by atoms with Gasteiger partial charge in [0, 0.05) is 21.0 Å². The van der Waals surface area contributed by atoms with Crippen LogP contribution in [0.4, 0.5) is 0 Å². The van der Waals surface area contributed by atoms with E-state index in [4.69, 9.17) is 10.2 Å². The predicted octanol–water partition coefficient (Wildman–Crippen LogP) is 3.32. The van der Waals surface area contributed by atoms with Gasteiger partial charge in [0.15, 0.2) is 0 Å². The number of rotatable bonds is 2. The van der Waals surface area contributed by atoms with E-state index in [1.54, 1.807) is 36.4 Å². The molecule has 0 atom stereocenters. The first-order chi connectivity index (χ1) is 10.1. The molecule has 3 rings (SSSR count). The van der Waals surface area contributed by atoms with Crippen molar-refractivity contribution in [1.82, 2.24) is 0 Å². The summed E-state index contributed by atoms with van der Waals surface area (Å²) in [7, 11) is 0. The average molecular weight is 344 g/mol. The predicted molar refractivity (Wildman–Crippen MR) is 84.1 cm³/mol. The molecule has 0 aliphatic heterocycles. The molecule has 4 nitrogen and oxygen atoms in total. The minimum Gasteiger partial charge on any atom is -0.422 e. The van der Waals surface area contributed by atoms with Gasteiger partial charge in [-0.15, -0.1) is 0 Å². The number of halogens is 1. The molecule has 0 radical (unpaired) electrons. The van der Waals surface area contributed by atoms with Gasteiger partial charge in [0.2, 0.25) is 5.91 Å². The fraction of sp³-hybridized carbons (Fsp3) is 0. The minimum atomic E-state index is -0.598. The van der Waals surface area contributed by atoms with Crippen LogP contribution in [0, 0.1) is 0 Å². The number of hydrogen-bond acceptors (Lipinski definition) is 3. The summed E-state index contributed by atoms with van der Waals surface area (Å²) in [6.07, 6.45) is 0. The minimum absolute atomic E-state index is 0.270. The number of benzene rings is 2. The van der Waals surface area contributed by atoms with Gasteiger partial charge in [-0.2, -0.15) is 0 Å². The van der Waals surface area contributed by atoms with E-state index in [1.807, 2.05) is 12.1 Å². The van der Waals surface area contributed by atoms with Crippen molar-refractivity contribution in [3.8, 4) is 11.1 Å². The number of carbonyl (C=O) groups excluding carboxylic acids is 1. The smallest absolute Gasteiger partial charge is 0.344 e. The number of amides is 1. The standard InChI is InChI=1S/C16H10BrNO3/c17-10-5-6-11(12(8-10)15(18)19)13-7-9-3-1-2-4-14(9)21-16(13)20/h1-8H,(H2,18,19). The Hall–Kier alpha value is -2.40. The van der Waals surface area contributed by atoms with Crippen molar-refractivity contribution in [3.63, 3.8) is 0 Å². The second-order valence-corrected chi connectivity index (χ2v) is 5.46. The van der Waals surface area contributed by atoms with Crippen LogP contribution < -0.4 is 11.4 Å². The summed E-state index contributed by atoms with van der Waals surface area (Å²) in [5, 5.41) is 0.783.